The Kier molecular flexibility index (Phi) is 5.15. The highest BCUT2D eigenvalue weighted by atomic mass is 35.5. The molecule has 0 aromatic heterocycles. The molecule has 1 aromatic carbocycles. The number of Topliss-reactive ketones (excluding diaryl/α,β-unsaturated/α-hetero) is 1. The van der Waals surface area contributed by atoms with Gasteiger partial charge in [0.2, 0.25) is 0 Å². The molecule has 0 spiro atoms. The number of hydrogen-bond acceptors (Lipinski definition) is 3. The summed E-state index contributed by atoms with van der Waals surface area (Å²) in [7, 11) is -3.32. The normalized spacial score (nSPS) is 11.4. The molecule has 0 saturated heterocycles. The number of hydrogen-bond donors (Lipinski definition) is 0. The Morgan fingerprint density at radius 1 is 1.35 bits per heavy atom. The van der Waals surface area contributed by atoms with Crippen LogP contribution in [0.5, 0.6) is 0 Å². The standard InChI is InChI=1S/C12H15ClO3S/c1-2-11(14)6-4-8-17(15,16)12-7-3-5-10(13)9-12/h3,5,7,9H,2,4,6,8H2,1H3. The average molecular weight is 275 g/mol. The third-order valence-electron chi connectivity index (χ3n) is 2.42. The van der Waals surface area contributed by atoms with Crippen molar-refractivity contribution in [1.82, 2.24) is 0 Å². The van der Waals surface area contributed by atoms with E-state index in [1.807, 2.05) is 0 Å². The first kappa shape index (κ1) is 14.2. The molecule has 0 bridgehead atoms. The van der Waals surface area contributed by atoms with Crippen molar-refractivity contribution in [2.45, 2.75) is 31.1 Å². The van der Waals surface area contributed by atoms with E-state index in [9.17, 15) is 13.2 Å². The third-order valence-corrected chi connectivity index (χ3v) is 4.45. The first-order valence-electron chi connectivity index (χ1n) is 5.45. The highest BCUT2D eigenvalue weighted by Gasteiger charge is 2.14. The monoisotopic (exact) mass is 274 g/mol. The van der Waals surface area contributed by atoms with Crippen LogP contribution in [0.3, 0.4) is 0 Å². The molecule has 0 heterocycles. The van der Waals surface area contributed by atoms with Gasteiger partial charge < -0.3 is 0 Å². The third kappa shape index (κ3) is 4.48. The Balaban J connectivity index is 2.66. The van der Waals surface area contributed by atoms with E-state index in [1.165, 1.54) is 12.1 Å². The molecule has 0 amide bonds. The molecule has 1 rings (SSSR count). The zero-order chi connectivity index (χ0) is 12.9. The lowest BCUT2D eigenvalue weighted by Crippen LogP contribution is -2.08. The van der Waals surface area contributed by atoms with Crippen LogP contribution in [0.25, 0.3) is 0 Å². The van der Waals surface area contributed by atoms with E-state index < -0.39 is 9.84 Å². The molecule has 0 aliphatic rings. The Hall–Kier alpha value is -0.870. The fourth-order valence-corrected chi connectivity index (χ4v) is 3.02. The van der Waals surface area contributed by atoms with Crippen LogP contribution < -0.4 is 0 Å². The molecular weight excluding hydrogens is 260 g/mol. The molecule has 0 N–H and O–H groups in total. The average Bonchev–Trinajstić information content (AvgIpc) is 2.28. The van der Waals surface area contributed by atoms with Crippen molar-refractivity contribution >= 4 is 27.2 Å². The SMILES string of the molecule is CCC(=O)CCCS(=O)(=O)c1cccc(Cl)c1. The minimum absolute atomic E-state index is 0.0148. The van der Waals surface area contributed by atoms with E-state index in [0.717, 1.165) is 0 Å². The molecule has 1 aromatic rings. The predicted molar refractivity (Wildman–Crippen MR) is 68.0 cm³/mol. The summed E-state index contributed by atoms with van der Waals surface area (Å²) in [4.78, 5) is 11.3. The minimum atomic E-state index is -3.32. The van der Waals surface area contributed by atoms with Crippen molar-refractivity contribution in [2.75, 3.05) is 5.75 Å². The molecule has 94 valence electrons. The molecule has 3 nitrogen and oxygen atoms in total. The molecule has 0 aliphatic heterocycles. The van der Waals surface area contributed by atoms with Crippen LogP contribution in [-0.2, 0) is 14.6 Å². The smallest absolute Gasteiger partial charge is 0.178 e. The summed E-state index contributed by atoms with van der Waals surface area (Å²) >= 11 is 5.74. The van der Waals surface area contributed by atoms with Crippen molar-refractivity contribution in [2.24, 2.45) is 0 Å². The van der Waals surface area contributed by atoms with Crippen LogP contribution in [0, 0.1) is 0 Å². The number of carbonyl (C=O) groups is 1. The summed E-state index contributed by atoms with van der Waals surface area (Å²) in [5.74, 6) is 0.0744. The first-order valence-corrected chi connectivity index (χ1v) is 7.49. The number of carbonyl (C=O) groups excluding carboxylic acids is 1. The van der Waals surface area contributed by atoms with Gasteiger partial charge in [0.25, 0.3) is 0 Å². The maximum absolute atomic E-state index is 11.9. The van der Waals surface area contributed by atoms with Gasteiger partial charge in [-0.05, 0) is 24.6 Å². The second kappa shape index (κ2) is 6.17. The largest absolute Gasteiger partial charge is 0.300 e. The fraction of sp³-hybridized carbons (Fsp3) is 0.417. The van der Waals surface area contributed by atoms with Gasteiger partial charge in [0, 0.05) is 17.9 Å². The molecule has 5 heteroatoms. The summed E-state index contributed by atoms with van der Waals surface area (Å²) in [5, 5.41) is 0.399. The maximum Gasteiger partial charge on any atom is 0.178 e. The van der Waals surface area contributed by atoms with Crippen molar-refractivity contribution < 1.29 is 13.2 Å². The zero-order valence-electron chi connectivity index (χ0n) is 9.65. The molecule has 0 unspecified atom stereocenters. The fourth-order valence-electron chi connectivity index (χ4n) is 1.41. The first-order chi connectivity index (χ1) is 7.95. The molecule has 17 heavy (non-hydrogen) atoms. The van der Waals surface area contributed by atoms with Crippen molar-refractivity contribution in [3.63, 3.8) is 0 Å². The topological polar surface area (TPSA) is 51.2 Å². The maximum atomic E-state index is 11.9. The highest BCUT2D eigenvalue weighted by molar-refractivity contribution is 7.91. The van der Waals surface area contributed by atoms with Gasteiger partial charge in [-0.1, -0.05) is 24.6 Å². The number of benzene rings is 1. The lowest BCUT2D eigenvalue weighted by molar-refractivity contribution is -0.118. The second-order valence-corrected chi connectivity index (χ2v) is 6.32. The summed E-state index contributed by atoms with van der Waals surface area (Å²) in [6.07, 6.45) is 1.13. The second-order valence-electron chi connectivity index (χ2n) is 3.77. The van der Waals surface area contributed by atoms with E-state index >= 15 is 0 Å². The predicted octanol–water partition coefficient (Wildman–Crippen LogP) is 2.87. The number of halogens is 1. The Bertz CT molecular complexity index is 494. The van der Waals surface area contributed by atoms with Crippen LogP contribution >= 0.6 is 11.6 Å². The highest BCUT2D eigenvalue weighted by Crippen LogP contribution is 2.17. The Morgan fingerprint density at radius 2 is 2.06 bits per heavy atom. The summed E-state index contributed by atoms with van der Waals surface area (Å²) in [5.41, 5.74) is 0. The van der Waals surface area contributed by atoms with E-state index in [-0.39, 0.29) is 16.4 Å². The van der Waals surface area contributed by atoms with Crippen LogP contribution in [0.4, 0.5) is 0 Å². The summed E-state index contributed by atoms with van der Waals surface area (Å²) in [6, 6.07) is 6.18. The van der Waals surface area contributed by atoms with Crippen molar-refractivity contribution in [3.05, 3.63) is 29.3 Å². The van der Waals surface area contributed by atoms with Gasteiger partial charge in [-0.3, -0.25) is 4.79 Å². The Morgan fingerprint density at radius 3 is 2.65 bits per heavy atom. The van der Waals surface area contributed by atoms with E-state index in [0.29, 0.717) is 24.3 Å². The van der Waals surface area contributed by atoms with Gasteiger partial charge >= 0.3 is 0 Å². The zero-order valence-corrected chi connectivity index (χ0v) is 11.2. The van der Waals surface area contributed by atoms with E-state index in [4.69, 9.17) is 11.6 Å². The van der Waals surface area contributed by atoms with E-state index in [1.54, 1.807) is 19.1 Å². The van der Waals surface area contributed by atoms with Crippen LogP contribution in [0.15, 0.2) is 29.2 Å². The van der Waals surface area contributed by atoms with Crippen LogP contribution in [0.1, 0.15) is 26.2 Å². The lowest BCUT2D eigenvalue weighted by Gasteiger charge is -2.04. The van der Waals surface area contributed by atoms with E-state index in [2.05, 4.69) is 0 Å². The number of sulfone groups is 1. The Labute approximate surface area is 107 Å². The van der Waals surface area contributed by atoms with Gasteiger partial charge in [0.1, 0.15) is 5.78 Å². The molecular formula is C12H15ClO3S. The molecule has 0 fully saturated rings. The minimum Gasteiger partial charge on any atom is -0.300 e. The molecule has 0 saturated carbocycles. The number of rotatable bonds is 6. The summed E-state index contributed by atoms with van der Waals surface area (Å²) in [6.45, 7) is 1.77. The van der Waals surface area contributed by atoms with Gasteiger partial charge in [0.05, 0.1) is 10.6 Å². The molecule has 0 aliphatic carbocycles. The van der Waals surface area contributed by atoms with Crippen LogP contribution in [0.2, 0.25) is 5.02 Å². The molecule has 0 radical (unpaired) electrons. The van der Waals surface area contributed by atoms with Gasteiger partial charge in [-0.15, -0.1) is 0 Å². The van der Waals surface area contributed by atoms with Gasteiger partial charge in [-0.2, -0.15) is 0 Å². The van der Waals surface area contributed by atoms with Gasteiger partial charge in [-0.25, -0.2) is 8.42 Å². The van der Waals surface area contributed by atoms with Crippen LogP contribution in [-0.4, -0.2) is 20.0 Å². The molecule has 0 atom stereocenters. The number of ketones is 1. The van der Waals surface area contributed by atoms with Crippen molar-refractivity contribution in [3.8, 4) is 0 Å². The van der Waals surface area contributed by atoms with Gasteiger partial charge in [0.15, 0.2) is 9.84 Å². The quantitative estimate of drug-likeness (QED) is 0.801. The lowest BCUT2D eigenvalue weighted by atomic mass is 10.2. The summed E-state index contributed by atoms with van der Waals surface area (Å²) < 4.78 is 23.8. The van der Waals surface area contributed by atoms with Crippen molar-refractivity contribution in [1.29, 1.82) is 0 Å².